The molecule has 0 unspecified atom stereocenters. The van der Waals surface area contributed by atoms with Crippen LogP contribution in [0.4, 0.5) is 0 Å². The minimum Gasteiger partial charge on any atom is -0.493 e. The molecular formula is C36H36N6O4S2. The van der Waals surface area contributed by atoms with E-state index < -0.39 is 0 Å². The molecule has 1 aliphatic heterocycles. The number of nitrogens with one attached hydrogen (secondary N) is 1. The predicted octanol–water partition coefficient (Wildman–Crippen LogP) is 5.93. The fourth-order valence-electron chi connectivity index (χ4n) is 5.63. The molecule has 0 fully saturated rings. The summed E-state index contributed by atoms with van der Waals surface area (Å²) in [5.41, 5.74) is 3.77. The molecule has 246 valence electrons. The van der Waals surface area contributed by atoms with E-state index in [0.29, 0.717) is 35.4 Å². The number of methoxy groups -OCH3 is 2. The van der Waals surface area contributed by atoms with Gasteiger partial charge in [0.1, 0.15) is 0 Å². The Balaban J connectivity index is 1.21. The first-order valence-corrected chi connectivity index (χ1v) is 17.4. The summed E-state index contributed by atoms with van der Waals surface area (Å²) >= 11 is 2.90. The van der Waals surface area contributed by atoms with E-state index in [1.54, 1.807) is 30.6 Å². The van der Waals surface area contributed by atoms with Gasteiger partial charge in [-0.3, -0.25) is 9.59 Å². The first-order valence-electron chi connectivity index (χ1n) is 15.6. The first kappa shape index (κ1) is 33.0. The van der Waals surface area contributed by atoms with Gasteiger partial charge in [0.05, 0.1) is 49.6 Å². The van der Waals surface area contributed by atoms with Crippen molar-refractivity contribution in [1.29, 1.82) is 0 Å². The lowest BCUT2D eigenvalue weighted by molar-refractivity contribution is -0.130. The normalized spacial score (nSPS) is 14.1. The lowest BCUT2D eigenvalue weighted by atomic mass is 9.99. The summed E-state index contributed by atoms with van der Waals surface area (Å²) in [5, 5.41) is 20.9. The largest absolute Gasteiger partial charge is 0.493 e. The maximum Gasteiger partial charge on any atom is 0.253 e. The lowest BCUT2D eigenvalue weighted by Gasteiger charge is -2.24. The van der Waals surface area contributed by atoms with Crippen molar-refractivity contribution in [1.82, 2.24) is 25.1 Å². The first-order chi connectivity index (χ1) is 23.5. The van der Waals surface area contributed by atoms with Crippen molar-refractivity contribution < 1.29 is 19.1 Å². The van der Waals surface area contributed by atoms with Crippen LogP contribution >= 0.6 is 23.1 Å². The molecule has 48 heavy (non-hydrogen) atoms. The van der Waals surface area contributed by atoms with Crippen molar-refractivity contribution in [2.75, 3.05) is 20.0 Å². The Morgan fingerprint density at radius 3 is 2.40 bits per heavy atom. The number of nitrogens with zero attached hydrogens (tertiary/aromatic N) is 5. The highest BCUT2D eigenvalue weighted by Crippen LogP contribution is 2.42. The number of carbonyl (C=O) groups excluding carboxylic acids is 2. The third-order valence-electron chi connectivity index (χ3n) is 8.00. The van der Waals surface area contributed by atoms with Gasteiger partial charge in [-0.05, 0) is 35.1 Å². The van der Waals surface area contributed by atoms with Crippen LogP contribution in [0.2, 0.25) is 0 Å². The summed E-state index contributed by atoms with van der Waals surface area (Å²) in [4.78, 5) is 27.7. The van der Waals surface area contributed by atoms with Crippen molar-refractivity contribution in [3.63, 3.8) is 0 Å². The van der Waals surface area contributed by atoms with Gasteiger partial charge in [-0.25, -0.2) is 5.01 Å². The van der Waals surface area contributed by atoms with Gasteiger partial charge in [-0.15, -0.1) is 21.5 Å². The van der Waals surface area contributed by atoms with E-state index in [1.165, 1.54) is 17.3 Å². The van der Waals surface area contributed by atoms with E-state index in [1.807, 2.05) is 88.8 Å². The van der Waals surface area contributed by atoms with Gasteiger partial charge in [-0.2, -0.15) is 5.10 Å². The summed E-state index contributed by atoms with van der Waals surface area (Å²) in [6.07, 6.45) is 1.56. The average molecular weight is 681 g/mol. The molecule has 0 saturated heterocycles. The number of thioether (sulfide) groups is 1. The monoisotopic (exact) mass is 680 g/mol. The summed E-state index contributed by atoms with van der Waals surface area (Å²) in [6, 6.07) is 29.1. The quantitative estimate of drug-likeness (QED) is 0.145. The van der Waals surface area contributed by atoms with E-state index >= 15 is 0 Å². The summed E-state index contributed by atoms with van der Waals surface area (Å²) in [6.45, 7) is 0.811. The SMILES string of the molecule is COc1cccc([C@H]2CC(c3cccs3)=NN2C(=O)CSc2nnc(CNC(=O)Cc3ccccc3)n2CCc2ccccc2)c1OC. The minimum absolute atomic E-state index is 0.0911. The van der Waals surface area contributed by atoms with Crippen LogP contribution < -0.4 is 14.8 Å². The smallest absolute Gasteiger partial charge is 0.253 e. The van der Waals surface area contributed by atoms with Crippen LogP contribution in [-0.2, 0) is 35.5 Å². The van der Waals surface area contributed by atoms with Gasteiger partial charge >= 0.3 is 0 Å². The van der Waals surface area contributed by atoms with Crippen LogP contribution in [0, 0.1) is 0 Å². The van der Waals surface area contributed by atoms with Gasteiger partial charge in [-0.1, -0.05) is 90.6 Å². The fourth-order valence-corrected chi connectivity index (χ4v) is 7.19. The molecule has 3 aromatic carbocycles. The average Bonchev–Trinajstić information content (AvgIpc) is 3.90. The third kappa shape index (κ3) is 7.77. The van der Waals surface area contributed by atoms with E-state index in [2.05, 4.69) is 27.6 Å². The topological polar surface area (TPSA) is 111 Å². The highest BCUT2D eigenvalue weighted by molar-refractivity contribution is 7.99. The number of rotatable bonds is 14. The number of hydrogen-bond donors (Lipinski definition) is 1. The summed E-state index contributed by atoms with van der Waals surface area (Å²) < 4.78 is 13.3. The van der Waals surface area contributed by atoms with Gasteiger partial charge in [0.2, 0.25) is 5.91 Å². The molecule has 1 N–H and O–H groups in total. The predicted molar refractivity (Wildman–Crippen MR) is 187 cm³/mol. The van der Waals surface area contributed by atoms with E-state index in [-0.39, 0.29) is 36.6 Å². The van der Waals surface area contributed by atoms with E-state index in [0.717, 1.165) is 28.1 Å². The number of ether oxygens (including phenoxy) is 2. The van der Waals surface area contributed by atoms with Crippen LogP contribution in [0.25, 0.3) is 0 Å². The molecule has 0 aliphatic carbocycles. The Labute approximate surface area is 287 Å². The van der Waals surface area contributed by atoms with Gasteiger partial charge < -0.3 is 19.4 Å². The number of hydrogen-bond acceptors (Lipinski definition) is 9. The molecule has 2 amide bonds. The molecule has 0 saturated carbocycles. The third-order valence-corrected chi connectivity index (χ3v) is 9.87. The van der Waals surface area contributed by atoms with Crippen LogP contribution in [-0.4, -0.2) is 57.3 Å². The Morgan fingerprint density at radius 2 is 1.69 bits per heavy atom. The Morgan fingerprint density at radius 1 is 0.917 bits per heavy atom. The maximum atomic E-state index is 14.0. The fraction of sp³-hybridized carbons (Fsp3) is 0.250. The molecular weight excluding hydrogens is 645 g/mol. The highest BCUT2D eigenvalue weighted by Gasteiger charge is 2.36. The number of aryl methyl sites for hydroxylation is 1. The molecule has 12 heteroatoms. The number of carbonyl (C=O) groups is 2. The van der Waals surface area contributed by atoms with Crippen molar-refractivity contribution in [2.45, 2.75) is 43.6 Å². The van der Waals surface area contributed by atoms with Gasteiger partial charge in [0.15, 0.2) is 22.5 Å². The molecule has 1 aliphatic rings. The Kier molecular flexibility index (Phi) is 10.8. The number of para-hydroxylation sites is 1. The molecule has 6 rings (SSSR count). The van der Waals surface area contributed by atoms with Gasteiger partial charge in [0.25, 0.3) is 5.91 Å². The summed E-state index contributed by atoms with van der Waals surface area (Å²) in [7, 11) is 3.20. The second-order valence-corrected chi connectivity index (χ2v) is 13.0. The van der Waals surface area contributed by atoms with Crippen molar-refractivity contribution >= 4 is 40.6 Å². The molecule has 0 bridgehead atoms. The van der Waals surface area contributed by atoms with E-state index in [4.69, 9.17) is 14.6 Å². The number of amides is 2. The van der Waals surface area contributed by atoms with E-state index in [9.17, 15) is 9.59 Å². The lowest BCUT2D eigenvalue weighted by Crippen LogP contribution is -2.29. The van der Waals surface area contributed by atoms with Crippen LogP contribution in [0.5, 0.6) is 11.5 Å². The van der Waals surface area contributed by atoms with Crippen molar-refractivity contribution in [2.24, 2.45) is 5.10 Å². The standard InChI is InChI=1S/C36H36N6O4S2/c1-45-30-16-9-15-27(35(30)46-2)29-22-28(31-17-10-20-47-31)40-42(29)34(44)24-48-36-39-38-32(41(36)19-18-25-11-5-3-6-12-25)23-37-33(43)21-26-13-7-4-8-14-26/h3-17,20,29H,18-19,21-24H2,1-2H3,(H,37,43)/t29-/m1/s1. The molecule has 1 atom stereocenters. The summed E-state index contributed by atoms with van der Waals surface area (Å²) in [5.74, 6) is 1.62. The number of thiophene rings is 1. The molecule has 0 spiro atoms. The number of hydrazone groups is 1. The second-order valence-electron chi connectivity index (χ2n) is 11.1. The zero-order valence-corrected chi connectivity index (χ0v) is 28.4. The zero-order chi connectivity index (χ0) is 33.3. The van der Waals surface area contributed by atoms with Gasteiger partial charge in [0, 0.05) is 18.5 Å². The number of benzene rings is 3. The molecule has 0 radical (unpaired) electrons. The van der Waals surface area contributed by atoms with Crippen LogP contribution in [0.3, 0.4) is 0 Å². The molecule has 3 heterocycles. The molecule has 2 aromatic heterocycles. The maximum absolute atomic E-state index is 14.0. The van der Waals surface area contributed by atoms with Crippen LogP contribution in [0.15, 0.2) is 107 Å². The Bertz CT molecular complexity index is 1860. The minimum atomic E-state index is -0.369. The Hall–Kier alpha value is -4.94. The number of aromatic nitrogens is 3. The zero-order valence-electron chi connectivity index (χ0n) is 26.7. The second kappa shape index (κ2) is 15.8. The van der Waals surface area contributed by atoms with Crippen LogP contribution in [0.1, 0.15) is 39.9 Å². The van der Waals surface area contributed by atoms with Crippen molar-refractivity contribution in [3.8, 4) is 11.5 Å². The van der Waals surface area contributed by atoms with Crippen molar-refractivity contribution in [3.05, 3.63) is 124 Å². The molecule has 10 nitrogen and oxygen atoms in total. The molecule has 5 aromatic rings. The highest BCUT2D eigenvalue weighted by atomic mass is 32.2.